The number of aromatic nitrogens is 2. The fraction of sp³-hybridized carbons (Fsp3) is 0.200. The summed E-state index contributed by atoms with van der Waals surface area (Å²) in [5, 5.41) is 31.4. The number of hydrogen-bond donors (Lipinski definition) is 3. The minimum atomic E-state index is -0.140. The number of aliphatic hydroxyl groups excluding tert-OH is 1. The van der Waals surface area contributed by atoms with Gasteiger partial charge in [-0.05, 0) is 12.1 Å². The summed E-state index contributed by atoms with van der Waals surface area (Å²) in [4.78, 5) is 3.93. The highest BCUT2D eigenvalue weighted by atomic mass is 16.5. The van der Waals surface area contributed by atoms with Gasteiger partial charge >= 0.3 is 0 Å². The number of aliphatic hydroxyl groups is 1. The minimum Gasteiger partial charge on any atom is -0.507 e. The first-order chi connectivity index (χ1) is 7.72. The molecule has 0 aliphatic heterocycles. The molecule has 6 heteroatoms. The van der Waals surface area contributed by atoms with Crippen LogP contribution in [0.2, 0.25) is 0 Å². The Morgan fingerprint density at radius 2 is 1.88 bits per heavy atom. The van der Waals surface area contributed by atoms with E-state index in [1.165, 1.54) is 18.2 Å². The Labute approximate surface area is 90.8 Å². The fourth-order valence-electron chi connectivity index (χ4n) is 1.30. The topological polar surface area (TPSA) is 99.6 Å². The molecule has 0 saturated carbocycles. The van der Waals surface area contributed by atoms with Crippen molar-refractivity contribution >= 4 is 0 Å². The monoisotopic (exact) mass is 222 g/mol. The van der Waals surface area contributed by atoms with Gasteiger partial charge in [0, 0.05) is 6.42 Å². The van der Waals surface area contributed by atoms with Crippen LogP contribution in [0.5, 0.6) is 11.5 Å². The number of phenols is 2. The molecule has 2 rings (SSSR count). The fourth-order valence-corrected chi connectivity index (χ4v) is 1.30. The van der Waals surface area contributed by atoms with E-state index < -0.39 is 0 Å². The van der Waals surface area contributed by atoms with Gasteiger partial charge in [0.1, 0.15) is 17.1 Å². The van der Waals surface area contributed by atoms with Crippen LogP contribution in [0.25, 0.3) is 11.5 Å². The van der Waals surface area contributed by atoms with Crippen LogP contribution >= 0.6 is 0 Å². The molecular formula is C10H10N2O4. The Morgan fingerprint density at radius 1 is 1.19 bits per heavy atom. The molecule has 84 valence electrons. The molecular weight excluding hydrogens is 212 g/mol. The number of benzene rings is 1. The Balaban J connectivity index is 2.42. The zero-order valence-electron chi connectivity index (χ0n) is 8.29. The molecule has 0 aliphatic carbocycles. The molecule has 2 aromatic rings. The van der Waals surface area contributed by atoms with Gasteiger partial charge in [0.15, 0.2) is 5.82 Å². The molecule has 0 amide bonds. The molecule has 0 fully saturated rings. The van der Waals surface area contributed by atoms with Gasteiger partial charge in [-0.2, -0.15) is 4.98 Å². The van der Waals surface area contributed by atoms with E-state index in [0.29, 0.717) is 5.82 Å². The average Bonchev–Trinajstić information content (AvgIpc) is 2.67. The minimum absolute atomic E-state index is 0.0269. The first-order valence-electron chi connectivity index (χ1n) is 4.67. The van der Waals surface area contributed by atoms with E-state index in [0.717, 1.165) is 0 Å². The summed E-state index contributed by atoms with van der Waals surface area (Å²) in [5.74, 6) is 0.0672. The molecule has 0 bridgehead atoms. The van der Waals surface area contributed by atoms with Crippen LogP contribution in [0.4, 0.5) is 0 Å². The first kappa shape index (κ1) is 10.4. The van der Waals surface area contributed by atoms with Crippen molar-refractivity contribution in [2.45, 2.75) is 6.42 Å². The molecule has 0 saturated heterocycles. The van der Waals surface area contributed by atoms with Crippen molar-refractivity contribution in [1.29, 1.82) is 0 Å². The predicted octanol–water partition coefficient (Wildman–Crippen LogP) is 0.683. The van der Waals surface area contributed by atoms with Gasteiger partial charge < -0.3 is 19.8 Å². The third kappa shape index (κ3) is 1.82. The summed E-state index contributed by atoms with van der Waals surface area (Å²) in [7, 11) is 0. The van der Waals surface area contributed by atoms with Gasteiger partial charge in [0.25, 0.3) is 5.89 Å². The van der Waals surface area contributed by atoms with Crippen LogP contribution in [-0.4, -0.2) is 32.1 Å². The van der Waals surface area contributed by atoms with E-state index >= 15 is 0 Å². The average molecular weight is 222 g/mol. The maximum Gasteiger partial charge on any atom is 0.265 e. The zero-order chi connectivity index (χ0) is 11.5. The molecule has 3 N–H and O–H groups in total. The first-order valence-corrected chi connectivity index (χ1v) is 4.67. The van der Waals surface area contributed by atoms with E-state index in [4.69, 9.17) is 9.63 Å². The highest BCUT2D eigenvalue weighted by molar-refractivity contribution is 5.69. The summed E-state index contributed by atoms with van der Waals surface area (Å²) in [5.41, 5.74) is 0.0965. The van der Waals surface area contributed by atoms with E-state index in [2.05, 4.69) is 10.1 Å². The number of rotatable bonds is 3. The summed E-state index contributed by atoms with van der Waals surface area (Å²) < 4.78 is 4.87. The van der Waals surface area contributed by atoms with Crippen molar-refractivity contribution in [3.05, 3.63) is 24.0 Å². The highest BCUT2D eigenvalue weighted by Gasteiger charge is 2.16. The van der Waals surface area contributed by atoms with Crippen LogP contribution in [0, 0.1) is 0 Å². The molecule has 0 atom stereocenters. The van der Waals surface area contributed by atoms with Crippen LogP contribution in [-0.2, 0) is 6.42 Å². The second kappa shape index (κ2) is 4.19. The van der Waals surface area contributed by atoms with Gasteiger partial charge in [-0.1, -0.05) is 11.2 Å². The van der Waals surface area contributed by atoms with Crippen molar-refractivity contribution in [2.75, 3.05) is 6.61 Å². The molecule has 0 aliphatic rings. The number of nitrogens with zero attached hydrogens (tertiary/aromatic N) is 2. The number of phenolic OH excluding ortho intramolecular Hbond substituents is 2. The standard InChI is InChI=1S/C10H10N2O4/c13-5-4-8-11-10(16-12-8)9-6(14)2-1-3-7(9)15/h1-3,13-15H,4-5H2. The number of hydrogen-bond acceptors (Lipinski definition) is 6. The maximum atomic E-state index is 9.55. The van der Waals surface area contributed by atoms with Gasteiger partial charge in [-0.15, -0.1) is 0 Å². The molecule has 1 heterocycles. The maximum absolute atomic E-state index is 9.55. The molecule has 1 aromatic heterocycles. The lowest BCUT2D eigenvalue weighted by Gasteiger charge is -2.00. The molecule has 16 heavy (non-hydrogen) atoms. The van der Waals surface area contributed by atoms with Crippen molar-refractivity contribution in [1.82, 2.24) is 10.1 Å². The zero-order valence-corrected chi connectivity index (χ0v) is 8.29. The van der Waals surface area contributed by atoms with Crippen LogP contribution in [0.3, 0.4) is 0 Å². The van der Waals surface area contributed by atoms with Crippen molar-refractivity contribution in [3.63, 3.8) is 0 Å². The number of aromatic hydroxyl groups is 2. The van der Waals surface area contributed by atoms with Gasteiger partial charge in [0.05, 0.1) is 6.61 Å². The lowest BCUT2D eigenvalue weighted by molar-refractivity contribution is 0.293. The third-order valence-corrected chi connectivity index (χ3v) is 2.04. The quantitative estimate of drug-likeness (QED) is 0.706. The van der Waals surface area contributed by atoms with E-state index in [9.17, 15) is 10.2 Å². The van der Waals surface area contributed by atoms with Crippen LogP contribution in [0.1, 0.15) is 5.82 Å². The molecule has 0 unspecified atom stereocenters. The van der Waals surface area contributed by atoms with Crippen molar-refractivity contribution in [2.24, 2.45) is 0 Å². The van der Waals surface area contributed by atoms with Crippen LogP contribution in [0.15, 0.2) is 22.7 Å². The third-order valence-electron chi connectivity index (χ3n) is 2.04. The second-order valence-corrected chi connectivity index (χ2v) is 3.16. The van der Waals surface area contributed by atoms with E-state index in [1.54, 1.807) is 0 Å². The normalized spacial score (nSPS) is 10.6. The Morgan fingerprint density at radius 3 is 2.50 bits per heavy atom. The van der Waals surface area contributed by atoms with Crippen molar-refractivity contribution in [3.8, 4) is 23.0 Å². The highest BCUT2D eigenvalue weighted by Crippen LogP contribution is 2.35. The SMILES string of the molecule is OCCc1noc(-c2c(O)cccc2O)n1. The van der Waals surface area contributed by atoms with Gasteiger partial charge in [0.2, 0.25) is 0 Å². The lowest BCUT2D eigenvalue weighted by atomic mass is 10.2. The van der Waals surface area contributed by atoms with Gasteiger partial charge in [-0.25, -0.2) is 0 Å². The Bertz CT molecular complexity index is 475. The molecule has 6 nitrogen and oxygen atoms in total. The lowest BCUT2D eigenvalue weighted by Crippen LogP contribution is -1.92. The summed E-state index contributed by atoms with van der Waals surface area (Å²) in [6.07, 6.45) is 0.262. The Kier molecular flexibility index (Phi) is 2.74. The summed E-state index contributed by atoms with van der Waals surface area (Å²) in [6, 6.07) is 4.31. The molecule has 0 radical (unpaired) electrons. The predicted molar refractivity (Wildman–Crippen MR) is 53.9 cm³/mol. The molecule has 1 aromatic carbocycles. The largest absolute Gasteiger partial charge is 0.507 e. The Hall–Kier alpha value is -2.08. The summed E-state index contributed by atoms with van der Waals surface area (Å²) in [6.45, 7) is -0.0915. The summed E-state index contributed by atoms with van der Waals surface area (Å²) >= 11 is 0. The second-order valence-electron chi connectivity index (χ2n) is 3.16. The van der Waals surface area contributed by atoms with Gasteiger partial charge in [-0.3, -0.25) is 0 Å². The molecule has 0 spiro atoms. The van der Waals surface area contributed by atoms with Crippen molar-refractivity contribution < 1.29 is 19.8 Å². The van der Waals surface area contributed by atoms with E-state index in [1.807, 2.05) is 0 Å². The van der Waals surface area contributed by atoms with Crippen LogP contribution < -0.4 is 0 Å². The smallest absolute Gasteiger partial charge is 0.265 e. The van der Waals surface area contributed by atoms with E-state index in [-0.39, 0.29) is 36.0 Å².